The summed E-state index contributed by atoms with van der Waals surface area (Å²) in [6.45, 7) is 1.60. The highest BCUT2D eigenvalue weighted by atomic mass is 32.1. The molecule has 1 heterocycles. The fraction of sp³-hybridized carbons (Fsp3) is 0.231. The van der Waals surface area contributed by atoms with Crippen LogP contribution < -0.4 is 5.32 Å². The molecular weight excluding hydrogens is 234 g/mol. The Morgan fingerprint density at radius 3 is 2.71 bits per heavy atom. The molecule has 0 amide bonds. The first-order valence-corrected chi connectivity index (χ1v) is 6.37. The van der Waals surface area contributed by atoms with Gasteiger partial charge in [-0.05, 0) is 35.6 Å². The van der Waals surface area contributed by atoms with Crippen LogP contribution in [0.1, 0.15) is 10.4 Å². The van der Waals surface area contributed by atoms with E-state index in [9.17, 15) is 10.2 Å². The van der Waals surface area contributed by atoms with Gasteiger partial charge in [-0.3, -0.25) is 0 Å². The van der Waals surface area contributed by atoms with Crippen molar-refractivity contribution in [3.05, 3.63) is 46.2 Å². The van der Waals surface area contributed by atoms with Crippen molar-refractivity contribution in [2.75, 3.05) is 6.54 Å². The SMILES string of the molecule is Oc1ccc(CNCCc2cccs2)cc1O. The van der Waals surface area contributed by atoms with Gasteiger partial charge in [-0.2, -0.15) is 0 Å². The van der Waals surface area contributed by atoms with E-state index < -0.39 is 0 Å². The fourth-order valence-corrected chi connectivity index (χ4v) is 2.29. The third-order valence-corrected chi connectivity index (χ3v) is 3.43. The molecule has 0 spiro atoms. The molecule has 0 unspecified atom stereocenters. The van der Waals surface area contributed by atoms with Crippen molar-refractivity contribution in [2.24, 2.45) is 0 Å². The lowest BCUT2D eigenvalue weighted by Gasteiger charge is -2.05. The monoisotopic (exact) mass is 249 g/mol. The summed E-state index contributed by atoms with van der Waals surface area (Å²) in [6, 6.07) is 9.06. The first kappa shape index (κ1) is 12.0. The van der Waals surface area contributed by atoms with Crippen molar-refractivity contribution < 1.29 is 10.2 Å². The molecule has 1 aromatic carbocycles. The number of phenols is 2. The molecule has 3 nitrogen and oxygen atoms in total. The van der Waals surface area contributed by atoms with Gasteiger partial charge >= 0.3 is 0 Å². The maximum Gasteiger partial charge on any atom is 0.157 e. The predicted molar refractivity (Wildman–Crippen MR) is 69.5 cm³/mol. The molecule has 2 rings (SSSR count). The molecular formula is C13H15NO2S. The Labute approximate surface area is 104 Å². The molecule has 4 heteroatoms. The summed E-state index contributed by atoms with van der Waals surface area (Å²) >= 11 is 1.76. The average molecular weight is 249 g/mol. The van der Waals surface area contributed by atoms with E-state index in [0.29, 0.717) is 6.54 Å². The van der Waals surface area contributed by atoms with E-state index in [4.69, 9.17) is 0 Å². The zero-order chi connectivity index (χ0) is 12.1. The van der Waals surface area contributed by atoms with Gasteiger partial charge in [0.1, 0.15) is 0 Å². The van der Waals surface area contributed by atoms with E-state index in [1.165, 1.54) is 10.9 Å². The standard InChI is InChI=1S/C13H15NO2S/c15-12-4-3-10(8-13(12)16)9-14-6-5-11-2-1-7-17-11/h1-4,7-8,14-16H,5-6,9H2. The Hall–Kier alpha value is -1.52. The van der Waals surface area contributed by atoms with Crippen LogP contribution in [0.3, 0.4) is 0 Å². The van der Waals surface area contributed by atoms with E-state index in [1.807, 2.05) is 0 Å². The third kappa shape index (κ3) is 3.47. The van der Waals surface area contributed by atoms with Gasteiger partial charge in [0.05, 0.1) is 0 Å². The highest BCUT2D eigenvalue weighted by Gasteiger charge is 2.00. The molecule has 0 radical (unpaired) electrons. The minimum absolute atomic E-state index is 0.0671. The Bertz CT molecular complexity index is 468. The van der Waals surface area contributed by atoms with Crippen molar-refractivity contribution in [1.82, 2.24) is 5.32 Å². The number of rotatable bonds is 5. The Morgan fingerprint density at radius 2 is 2.00 bits per heavy atom. The van der Waals surface area contributed by atoms with Gasteiger partial charge in [0.15, 0.2) is 11.5 Å². The van der Waals surface area contributed by atoms with Crippen molar-refractivity contribution in [2.45, 2.75) is 13.0 Å². The minimum atomic E-state index is -0.0765. The van der Waals surface area contributed by atoms with Gasteiger partial charge in [0, 0.05) is 18.0 Å². The van der Waals surface area contributed by atoms with Crippen LogP contribution in [-0.2, 0) is 13.0 Å². The number of hydrogen-bond acceptors (Lipinski definition) is 4. The molecule has 90 valence electrons. The van der Waals surface area contributed by atoms with Crippen molar-refractivity contribution >= 4 is 11.3 Å². The van der Waals surface area contributed by atoms with E-state index in [0.717, 1.165) is 18.5 Å². The summed E-state index contributed by atoms with van der Waals surface area (Å²) in [7, 11) is 0. The number of nitrogens with one attached hydrogen (secondary N) is 1. The minimum Gasteiger partial charge on any atom is -0.504 e. The van der Waals surface area contributed by atoms with Crippen LogP contribution in [0, 0.1) is 0 Å². The number of phenolic OH excluding ortho intramolecular Hbond substituents is 2. The van der Waals surface area contributed by atoms with Gasteiger partial charge < -0.3 is 15.5 Å². The molecule has 3 N–H and O–H groups in total. The normalized spacial score (nSPS) is 10.6. The first-order chi connectivity index (χ1) is 8.25. The van der Waals surface area contributed by atoms with Gasteiger partial charge in [-0.15, -0.1) is 11.3 Å². The largest absolute Gasteiger partial charge is 0.504 e. The highest BCUT2D eigenvalue weighted by Crippen LogP contribution is 2.24. The molecule has 0 aliphatic heterocycles. The summed E-state index contributed by atoms with van der Waals surface area (Å²) in [5.74, 6) is -0.144. The van der Waals surface area contributed by atoms with Crippen LogP contribution in [0.15, 0.2) is 35.7 Å². The molecule has 0 bridgehead atoms. The summed E-state index contributed by atoms with van der Waals surface area (Å²) in [5, 5.41) is 23.9. The Balaban J connectivity index is 1.76. The summed E-state index contributed by atoms with van der Waals surface area (Å²) in [4.78, 5) is 1.37. The van der Waals surface area contributed by atoms with Gasteiger partial charge in [-0.25, -0.2) is 0 Å². The highest BCUT2D eigenvalue weighted by molar-refractivity contribution is 7.09. The second-order valence-electron chi connectivity index (χ2n) is 3.83. The van der Waals surface area contributed by atoms with Crippen molar-refractivity contribution in [3.8, 4) is 11.5 Å². The summed E-state index contributed by atoms with van der Waals surface area (Å²) in [6.07, 6.45) is 1.02. The number of aromatic hydroxyl groups is 2. The topological polar surface area (TPSA) is 52.5 Å². The molecule has 0 saturated carbocycles. The van der Waals surface area contributed by atoms with Crippen LogP contribution in [-0.4, -0.2) is 16.8 Å². The van der Waals surface area contributed by atoms with E-state index in [-0.39, 0.29) is 11.5 Å². The first-order valence-electron chi connectivity index (χ1n) is 5.49. The lowest BCUT2D eigenvalue weighted by molar-refractivity contribution is 0.403. The lowest BCUT2D eigenvalue weighted by Crippen LogP contribution is -2.16. The Morgan fingerprint density at radius 1 is 1.12 bits per heavy atom. The molecule has 2 aromatic rings. The molecule has 0 saturated heterocycles. The van der Waals surface area contributed by atoms with Gasteiger partial charge in [0.25, 0.3) is 0 Å². The molecule has 0 aliphatic rings. The molecule has 0 aliphatic carbocycles. The molecule has 0 atom stereocenters. The quantitative estimate of drug-likeness (QED) is 0.563. The number of hydrogen-bond donors (Lipinski definition) is 3. The average Bonchev–Trinajstić information content (AvgIpc) is 2.82. The second kappa shape index (κ2) is 5.70. The van der Waals surface area contributed by atoms with E-state index >= 15 is 0 Å². The molecule has 17 heavy (non-hydrogen) atoms. The van der Waals surface area contributed by atoms with Crippen LogP contribution in [0.2, 0.25) is 0 Å². The maximum atomic E-state index is 9.33. The van der Waals surface area contributed by atoms with Crippen molar-refractivity contribution in [3.63, 3.8) is 0 Å². The number of thiophene rings is 1. The molecule has 1 aromatic heterocycles. The lowest BCUT2D eigenvalue weighted by atomic mass is 10.2. The summed E-state index contributed by atoms with van der Waals surface area (Å²) in [5.41, 5.74) is 0.964. The van der Waals surface area contributed by atoms with Crippen molar-refractivity contribution in [1.29, 1.82) is 0 Å². The number of benzene rings is 1. The maximum absolute atomic E-state index is 9.33. The molecule has 0 fully saturated rings. The van der Waals surface area contributed by atoms with Crippen LogP contribution in [0.25, 0.3) is 0 Å². The van der Waals surface area contributed by atoms with E-state index in [2.05, 4.69) is 22.8 Å². The van der Waals surface area contributed by atoms with Gasteiger partial charge in [-0.1, -0.05) is 12.1 Å². The second-order valence-corrected chi connectivity index (χ2v) is 4.86. The third-order valence-electron chi connectivity index (χ3n) is 2.50. The zero-order valence-electron chi connectivity index (χ0n) is 9.39. The van der Waals surface area contributed by atoms with Crippen LogP contribution in [0.4, 0.5) is 0 Å². The van der Waals surface area contributed by atoms with Crippen LogP contribution in [0.5, 0.6) is 11.5 Å². The smallest absolute Gasteiger partial charge is 0.157 e. The Kier molecular flexibility index (Phi) is 4.01. The van der Waals surface area contributed by atoms with E-state index in [1.54, 1.807) is 23.5 Å². The fourth-order valence-electron chi connectivity index (χ4n) is 1.58. The zero-order valence-corrected chi connectivity index (χ0v) is 10.2. The van der Waals surface area contributed by atoms with Gasteiger partial charge in [0.2, 0.25) is 0 Å². The predicted octanol–water partition coefficient (Wildman–Crippen LogP) is 2.49. The summed E-state index contributed by atoms with van der Waals surface area (Å²) < 4.78 is 0. The van der Waals surface area contributed by atoms with Crippen LogP contribution >= 0.6 is 11.3 Å².